The van der Waals surface area contributed by atoms with E-state index in [0.717, 1.165) is 15.6 Å². The monoisotopic (exact) mass is 274 g/mol. The number of hydrazone groups is 1. The van der Waals surface area contributed by atoms with E-state index in [4.69, 9.17) is 4.74 Å². The quantitative estimate of drug-likeness (QED) is 0.663. The summed E-state index contributed by atoms with van der Waals surface area (Å²) in [6.45, 7) is 6.12. The highest BCUT2D eigenvalue weighted by atomic mass is 32.1. The molecule has 0 aliphatic rings. The number of hydrogen-bond acceptors (Lipinski definition) is 4. The number of para-hydroxylation sites is 1. The van der Waals surface area contributed by atoms with Gasteiger partial charge in [0, 0.05) is 0 Å². The van der Waals surface area contributed by atoms with Crippen molar-refractivity contribution in [1.82, 2.24) is 0 Å². The largest absolute Gasteiger partial charge is 0.479 e. The van der Waals surface area contributed by atoms with Gasteiger partial charge in [-0.25, -0.2) is 0 Å². The Hall–Kier alpha value is -1.81. The Labute approximate surface area is 117 Å². The Morgan fingerprint density at radius 3 is 2.53 bits per heavy atom. The molecule has 1 aromatic heterocycles. The highest BCUT2D eigenvalue weighted by Crippen LogP contribution is 2.26. The first-order valence-corrected chi connectivity index (χ1v) is 6.97. The Bertz CT molecular complexity index is 541. The number of rotatable bonds is 4. The van der Waals surface area contributed by atoms with Crippen LogP contribution in [0.4, 0.5) is 5.69 Å². The van der Waals surface area contributed by atoms with Crippen LogP contribution in [0.3, 0.4) is 0 Å². The lowest BCUT2D eigenvalue weighted by molar-refractivity contribution is 0.136. The molecule has 100 valence electrons. The number of anilines is 1. The molecule has 0 unspecified atom stereocenters. The fourth-order valence-electron chi connectivity index (χ4n) is 1.44. The van der Waals surface area contributed by atoms with Gasteiger partial charge in [0.2, 0.25) is 0 Å². The Kier molecular flexibility index (Phi) is 4.22. The van der Waals surface area contributed by atoms with E-state index < -0.39 is 0 Å². The van der Waals surface area contributed by atoms with Crippen molar-refractivity contribution in [1.29, 1.82) is 0 Å². The van der Waals surface area contributed by atoms with E-state index in [2.05, 4.69) is 10.5 Å². The van der Waals surface area contributed by atoms with Gasteiger partial charge >= 0.3 is 0 Å². The second kappa shape index (κ2) is 5.89. The second-order valence-corrected chi connectivity index (χ2v) is 6.19. The predicted molar refractivity (Wildman–Crippen MR) is 82.4 cm³/mol. The SMILES string of the molecule is CC(C)(C)Oc1ccc(C=NNc2ccccc2)s1. The molecule has 2 rings (SSSR count). The van der Waals surface area contributed by atoms with Crippen molar-refractivity contribution in [2.45, 2.75) is 26.4 Å². The van der Waals surface area contributed by atoms with Crippen LogP contribution >= 0.6 is 11.3 Å². The summed E-state index contributed by atoms with van der Waals surface area (Å²) in [6.07, 6.45) is 1.80. The van der Waals surface area contributed by atoms with Crippen LogP contribution in [0.2, 0.25) is 0 Å². The number of hydrogen-bond donors (Lipinski definition) is 1. The predicted octanol–water partition coefficient (Wildman–Crippen LogP) is 4.37. The van der Waals surface area contributed by atoms with E-state index >= 15 is 0 Å². The van der Waals surface area contributed by atoms with E-state index in [1.807, 2.05) is 63.2 Å². The summed E-state index contributed by atoms with van der Waals surface area (Å²) >= 11 is 1.58. The lowest BCUT2D eigenvalue weighted by Gasteiger charge is -2.19. The average Bonchev–Trinajstić information content (AvgIpc) is 2.76. The van der Waals surface area contributed by atoms with Gasteiger partial charge in [-0.05, 0) is 45.0 Å². The minimum atomic E-state index is -0.165. The third kappa shape index (κ3) is 4.75. The summed E-state index contributed by atoms with van der Waals surface area (Å²) in [5.41, 5.74) is 3.79. The fourth-order valence-corrected chi connectivity index (χ4v) is 2.35. The van der Waals surface area contributed by atoms with Crippen molar-refractivity contribution in [2.75, 3.05) is 5.43 Å². The summed E-state index contributed by atoms with van der Waals surface area (Å²) in [5, 5.41) is 5.11. The topological polar surface area (TPSA) is 33.6 Å². The van der Waals surface area contributed by atoms with Crippen molar-refractivity contribution in [3.05, 3.63) is 47.3 Å². The van der Waals surface area contributed by atoms with Crippen LogP contribution in [0.15, 0.2) is 47.6 Å². The second-order valence-electron chi connectivity index (χ2n) is 5.11. The van der Waals surface area contributed by atoms with Crippen LogP contribution in [0.1, 0.15) is 25.6 Å². The van der Waals surface area contributed by atoms with E-state index in [0.29, 0.717) is 0 Å². The van der Waals surface area contributed by atoms with Gasteiger partial charge in [0.1, 0.15) is 5.60 Å². The molecule has 0 saturated carbocycles. The Morgan fingerprint density at radius 2 is 1.84 bits per heavy atom. The molecule has 1 aromatic carbocycles. The van der Waals surface area contributed by atoms with Crippen LogP contribution < -0.4 is 10.2 Å². The molecule has 0 bridgehead atoms. The normalized spacial score (nSPS) is 11.7. The molecular weight excluding hydrogens is 256 g/mol. The molecule has 0 aliphatic carbocycles. The van der Waals surface area contributed by atoms with Crippen LogP contribution in [0.25, 0.3) is 0 Å². The van der Waals surface area contributed by atoms with E-state index in [1.54, 1.807) is 17.6 Å². The van der Waals surface area contributed by atoms with Gasteiger partial charge in [0.25, 0.3) is 0 Å². The molecule has 0 saturated heterocycles. The summed E-state index contributed by atoms with van der Waals surface area (Å²) in [7, 11) is 0. The van der Waals surface area contributed by atoms with Crippen LogP contribution in [0, 0.1) is 0 Å². The summed E-state index contributed by atoms with van der Waals surface area (Å²) < 4.78 is 5.78. The van der Waals surface area contributed by atoms with E-state index in [-0.39, 0.29) is 5.60 Å². The smallest absolute Gasteiger partial charge is 0.175 e. The van der Waals surface area contributed by atoms with Crippen LogP contribution in [-0.4, -0.2) is 11.8 Å². The molecule has 2 aromatic rings. The van der Waals surface area contributed by atoms with Crippen LogP contribution in [0.5, 0.6) is 5.06 Å². The molecule has 0 atom stereocenters. The summed E-state index contributed by atoms with van der Waals surface area (Å²) in [6, 6.07) is 13.8. The zero-order valence-electron chi connectivity index (χ0n) is 11.4. The van der Waals surface area contributed by atoms with Gasteiger partial charge < -0.3 is 4.74 Å². The summed E-state index contributed by atoms with van der Waals surface area (Å²) in [5.74, 6) is 0. The molecule has 19 heavy (non-hydrogen) atoms. The number of ether oxygens (including phenoxy) is 1. The number of thiophene rings is 1. The first-order chi connectivity index (χ1) is 9.03. The molecular formula is C15H18N2OS. The zero-order valence-corrected chi connectivity index (χ0v) is 12.2. The van der Waals surface area contributed by atoms with E-state index in [1.165, 1.54) is 0 Å². The third-order valence-electron chi connectivity index (χ3n) is 2.17. The van der Waals surface area contributed by atoms with Gasteiger partial charge in [-0.1, -0.05) is 29.5 Å². The molecule has 3 nitrogen and oxygen atoms in total. The van der Waals surface area contributed by atoms with Crippen molar-refractivity contribution in [2.24, 2.45) is 5.10 Å². The molecule has 0 aliphatic heterocycles. The average molecular weight is 274 g/mol. The molecule has 1 N–H and O–H groups in total. The molecule has 4 heteroatoms. The molecule has 0 fully saturated rings. The third-order valence-corrected chi connectivity index (χ3v) is 3.07. The van der Waals surface area contributed by atoms with Gasteiger partial charge in [-0.2, -0.15) is 5.10 Å². The first kappa shape index (κ1) is 13.6. The Morgan fingerprint density at radius 1 is 1.11 bits per heavy atom. The highest BCUT2D eigenvalue weighted by molar-refractivity contribution is 7.15. The number of benzene rings is 1. The van der Waals surface area contributed by atoms with Crippen LogP contribution in [-0.2, 0) is 0 Å². The number of nitrogens with zero attached hydrogens (tertiary/aromatic N) is 1. The molecule has 1 heterocycles. The van der Waals surface area contributed by atoms with Crippen molar-refractivity contribution >= 4 is 23.2 Å². The fraction of sp³-hybridized carbons (Fsp3) is 0.267. The standard InChI is InChI=1S/C15H18N2OS/c1-15(2,3)18-14-10-9-13(19-14)11-16-17-12-7-5-4-6-8-12/h4-11,17H,1-3H3. The minimum absolute atomic E-state index is 0.165. The van der Waals surface area contributed by atoms with E-state index in [9.17, 15) is 0 Å². The first-order valence-electron chi connectivity index (χ1n) is 6.16. The minimum Gasteiger partial charge on any atom is -0.479 e. The molecule has 0 spiro atoms. The van der Waals surface area contributed by atoms with Gasteiger partial charge in [-0.3, -0.25) is 5.43 Å². The molecule has 0 amide bonds. The lowest BCUT2D eigenvalue weighted by atomic mass is 10.2. The van der Waals surface area contributed by atoms with Crippen molar-refractivity contribution in [3.8, 4) is 5.06 Å². The lowest BCUT2D eigenvalue weighted by Crippen LogP contribution is -2.22. The maximum atomic E-state index is 5.78. The Balaban J connectivity index is 1.93. The highest BCUT2D eigenvalue weighted by Gasteiger charge is 2.12. The van der Waals surface area contributed by atoms with Gasteiger partial charge in [-0.15, -0.1) is 0 Å². The maximum Gasteiger partial charge on any atom is 0.175 e. The van der Waals surface area contributed by atoms with Crippen molar-refractivity contribution < 1.29 is 4.74 Å². The van der Waals surface area contributed by atoms with Crippen molar-refractivity contribution in [3.63, 3.8) is 0 Å². The van der Waals surface area contributed by atoms with Gasteiger partial charge in [0.15, 0.2) is 5.06 Å². The zero-order chi connectivity index (χ0) is 13.7. The number of nitrogens with one attached hydrogen (secondary N) is 1. The maximum absolute atomic E-state index is 5.78. The summed E-state index contributed by atoms with van der Waals surface area (Å²) in [4.78, 5) is 1.06. The molecule has 0 radical (unpaired) electrons. The van der Waals surface area contributed by atoms with Gasteiger partial charge in [0.05, 0.1) is 16.8 Å².